The minimum Gasteiger partial charge on any atom is -0.455 e. The van der Waals surface area contributed by atoms with E-state index in [1.807, 2.05) is 6.07 Å². The summed E-state index contributed by atoms with van der Waals surface area (Å²) < 4.78 is 6.74. The molecule has 0 atom stereocenters. The molecule has 13 aromatic rings. The van der Waals surface area contributed by atoms with E-state index in [0.29, 0.717) is 0 Å². The maximum absolute atomic E-state index is 6.74. The maximum Gasteiger partial charge on any atom is 0.143 e. The number of benzene rings is 12. The van der Waals surface area contributed by atoms with Crippen molar-refractivity contribution in [2.75, 3.05) is 4.90 Å². The first kappa shape index (κ1) is 39.4. The third-order valence-electron chi connectivity index (χ3n) is 13.6. The van der Waals surface area contributed by atoms with Gasteiger partial charge in [0.1, 0.15) is 11.2 Å². The number of para-hydroxylation sites is 3. The Morgan fingerprint density at radius 2 is 0.838 bits per heavy atom. The van der Waals surface area contributed by atoms with Crippen LogP contribution in [0, 0.1) is 0 Å². The zero-order valence-electron chi connectivity index (χ0n) is 37.2. The first-order valence-corrected chi connectivity index (χ1v) is 23.3. The van der Waals surface area contributed by atoms with Crippen LogP contribution in [0.5, 0.6) is 0 Å². The molecule has 0 saturated heterocycles. The molecule has 2 heteroatoms. The van der Waals surface area contributed by atoms with Crippen molar-refractivity contribution in [1.29, 1.82) is 0 Å². The molecule has 13 rings (SSSR count). The van der Waals surface area contributed by atoms with E-state index in [9.17, 15) is 0 Å². The molecule has 0 aliphatic rings. The molecule has 0 radical (unpaired) electrons. The van der Waals surface area contributed by atoms with E-state index in [0.717, 1.165) is 72.4 Å². The lowest BCUT2D eigenvalue weighted by molar-refractivity contribution is 0.670. The smallest absolute Gasteiger partial charge is 0.143 e. The summed E-state index contributed by atoms with van der Waals surface area (Å²) >= 11 is 0. The van der Waals surface area contributed by atoms with Gasteiger partial charge in [-0.2, -0.15) is 0 Å². The van der Waals surface area contributed by atoms with Gasteiger partial charge < -0.3 is 9.32 Å². The van der Waals surface area contributed by atoms with Gasteiger partial charge in [-0.25, -0.2) is 0 Å². The Kier molecular flexibility index (Phi) is 9.54. The van der Waals surface area contributed by atoms with E-state index in [4.69, 9.17) is 4.42 Å². The van der Waals surface area contributed by atoms with E-state index < -0.39 is 0 Å². The average molecular weight is 866 g/mol. The lowest BCUT2D eigenvalue weighted by atomic mass is 9.91. The highest BCUT2D eigenvalue weighted by atomic mass is 16.3. The number of furan rings is 1. The summed E-state index contributed by atoms with van der Waals surface area (Å²) in [5.41, 5.74) is 16.4. The predicted octanol–water partition coefficient (Wildman–Crippen LogP) is 18.9. The van der Waals surface area contributed by atoms with Gasteiger partial charge in [0.05, 0.1) is 11.4 Å². The summed E-state index contributed by atoms with van der Waals surface area (Å²) in [5, 5.41) is 9.64. The summed E-state index contributed by atoms with van der Waals surface area (Å²) in [7, 11) is 0. The van der Waals surface area contributed by atoms with Gasteiger partial charge in [-0.05, 0) is 120 Å². The first-order chi connectivity index (χ1) is 33.7. The average Bonchev–Trinajstić information content (AvgIpc) is 3.80. The van der Waals surface area contributed by atoms with Crippen LogP contribution in [0.4, 0.5) is 17.1 Å². The Bertz CT molecular complexity index is 4030. The molecule has 0 N–H and O–H groups in total. The molecule has 0 aliphatic carbocycles. The summed E-state index contributed by atoms with van der Waals surface area (Å²) in [6.45, 7) is 0. The highest BCUT2D eigenvalue weighted by Crippen LogP contribution is 2.49. The predicted molar refractivity (Wildman–Crippen MR) is 288 cm³/mol. The molecule has 0 unspecified atom stereocenters. The van der Waals surface area contributed by atoms with Crippen LogP contribution >= 0.6 is 0 Å². The number of hydrogen-bond donors (Lipinski definition) is 0. The molecule has 2 nitrogen and oxygen atoms in total. The third-order valence-corrected chi connectivity index (χ3v) is 13.6. The summed E-state index contributed by atoms with van der Waals surface area (Å²) in [4.78, 5) is 2.46. The molecule has 0 saturated carbocycles. The van der Waals surface area contributed by atoms with E-state index in [1.54, 1.807) is 0 Å². The minimum absolute atomic E-state index is 0.877. The van der Waals surface area contributed by atoms with Gasteiger partial charge in [-0.3, -0.25) is 0 Å². The van der Waals surface area contributed by atoms with Crippen molar-refractivity contribution in [3.63, 3.8) is 0 Å². The number of anilines is 3. The quantitative estimate of drug-likeness (QED) is 0.142. The van der Waals surface area contributed by atoms with Gasteiger partial charge in [-0.1, -0.05) is 212 Å². The number of rotatable bonds is 8. The van der Waals surface area contributed by atoms with Crippen LogP contribution in [0.1, 0.15) is 0 Å². The molecule has 1 heterocycles. The van der Waals surface area contributed by atoms with Crippen LogP contribution in [0.25, 0.3) is 110 Å². The fraction of sp³-hybridized carbons (Fsp3) is 0. The van der Waals surface area contributed by atoms with E-state index in [-0.39, 0.29) is 0 Å². The van der Waals surface area contributed by atoms with Gasteiger partial charge in [0.2, 0.25) is 0 Å². The minimum atomic E-state index is 0.877. The Morgan fingerprint density at radius 3 is 1.69 bits per heavy atom. The zero-order valence-corrected chi connectivity index (χ0v) is 37.2. The Balaban J connectivity index is 1.03. The van der Waals surface area contributed by atoms with Gasteiger partial charge in [0.15, 0.2) is 0 Å². The summed E-state index contributed by atoms with van der Waals surface area (Å²) in [5.74, 6) is 0. The highest BCUT2D eigenvalue weighted by molar-refractivity contribution is 6.15. The molecule has 0 spiro atoms. The topological polar surface area (TPSA) is 16.4 Å². The number of fused-ring (bicyclic) bond motifs is 7. The van der Waals surface area contributed by atoms with Crippen molar-refractivity contribution < 1.29 is 4.42 Å². The highest BCUT2D eigenvalue weighted by Gasteiger charge is 2.24. The van der Waals surface area contributed by atoms with Gasteiger partial charge in [0, 0.05) is 33.2 Å². The van der Waals surface area contributed by atoms with E-state index in [1.165, 1.54) is 54.6 Å². The molecule has 0 aliphatic heterocycles. The third kappa shape index (κ3) is 6.82. The molecular formula is C66H43NO. The molecule has 0 amide bonds. The second-order valence-electron chi connectivity index (χ2n) is 17.6. The molecular weight excluding hydrogens is 823 g/mol. The van der Waals surface area contributed by atoms with Crippen molar-refractivity contribution in [3.8, 4) is 55.6 Å². The largest absolute Gasteiger partial charge is 0.455 e. The monoisotopic (exact) mass is 865 g/mol. The molecule has 1 aromatic heterocycles. The second-order valence-corrected chi connectivity index (χ2v) is 17.6. The van der Waals surface area contributed by atoms with Crippen LogP contribution in [0.3, 0.4) is 0 Å². The fourth-order valence-electron chi connectivity index (χ4n) is 10.4. The molecule has 68 heavy (non-hydrogen) atoms. The Morgan fingerprint density at radius 1 is 0.250 bits per heavy atom. The lowest BCUT2D eigenvalue weighted by Gasteiger charge is -2.30. The standard InChI is InChI=1S/C66H43NO/c1-2-17-46(18-3-1)55-39-36-52(62-42-51-20-6-7-23-54(51)56-24-8-9-25-57(56)62)43-64(55)67(63-30-12-10-26-58(63)60-28-15-29-61-59-27-11-13-31-65(59)68-66(60)61)53-37-34-45(35-38-53)48-21-14-22-49(40-48)50-33-32-44-16-4-5-19-47(44)41-50/h1-43H. The normalized spacial score (nSPS) is 11.5. The van der Waals surface area contributed by atoms with Crippen molar-refractivity contribution in [2.45, 2.75) is 0 Å². The van der Waals surface area contributed by atoms with Crippen molar-refractivity contribution in [1.82, 2.24) is 0 Å². The van der Waals surface area contributed by atoms with E-state index >= 15 is 0 Å². The van der Waals surface area contributed by atoms with Crippen LogP contribution in [-0.4, -0.2) is 0 Å². The van der Waals surface area contributed by atoms with Crippen LogP contribution in [-0.2, 0) is 0 Å². The zero-order chi connectivity index (χ0) is 45.0. The maximum atomic E-state index is 6.74. The SMILES string of the molecule is c1ccc(-c2ccc(-c3cc4ccccc4c4ccccc34)cc2N(c2ccc(-c3cccc(-c4ccc5ccccc5c4)c3)cc2)c2ccccc2-c2cccc3c2oc2ccccc23)cc1. The van der Waals surface area contributed by atoms with Crippen molar-refractivity contribution >= 4 is 71.3 Å². The summed E-state index contributed by atoms with van der Waals surface area (Å²) in [6.07, 6.45) is 0. The second kappa shape index (κ2) is 16.5. The Labute approximate surface area is 395 Å². The Hall–Kier alpha value is -8.98. The van der Waals surface area contributed by atoms with Gasteiger partial charge in [0.25, 0.3) is 0 Å². The molecule has 0 fully saturated rings. The summed E-state index contributed by atoms with van der Waals surface area (Å²) in [6, 6.07) is 94.6. The van der Waals surface area contributed by atoms with Crippen molar-refractivity contribution in [2.24, 2.45) is 0 Å². The number of nitrogens with zero attached hydrogens (tertiary/aromatic N) is 1. The first-order valence-electron chi connectivity index (χ1n) is 23.3. The van der Waals surface area contributed by atoms with Gasteiger partial charge in [-0.15, -0.1) is 0 Å². The van der Waals surface area contributed by atoms with Gasteiger partial charge >= 0.3 is 0 Å². The van der Waals surface area contributed by atoms with Crippen LogP contribution in [0.2, 0.25) is 0 Å². The van der Waals surface area contributed by atoms with Crippen molar-refractivity contribution in [3.05, 3.63) is 261 Å². The van der Waals surface area contributed by atoms with E-state index in [2.05, 4.69) is 260 Å². The lowest BCUT2D eigenvalue weighted by Crippen LogP contribution is -2.13. The molecule has 318 valence electrons. The number of hydrogen-bond acceptors (Lipinski definition) is 2. The van der Waals surface area contributed by atoms with Crippen LogP contribution < -0.4 is 4.90 Å². The molecule has 0 bridgehead atoms. The molecule has 12 aromatic carbocycles. The fourth-order valence-corrected chi connectivity index (χ4v) is 10.4. The van der Waals surface area contributed by atoms with Crippen LogP contribution in [0.15, 0.2) is 265 Å².